The third-order valence-electron chi connectivity index (χ3n) is 10.7. The van der Waals surface area contributed by atoms with Crippen molar-refractivity contribution in [3.05, 3.63) is 122 Å². The van der Waals surface area contributed by atoms with Gasteiger partial charge in [0.25, 0.3) is 0 Å². The van der Waals surface area contributed by atoms with Gasteiger partial charge in [-0.25, -0.2) is 0 Å². The number of hydrogen-bond acceptors (Lipinski definition) is 8. The molecule has 2 unspecified atom stereocenters. The van der Waals surface area contributed by atoms with Gasteiger partial charge in [-0.3, -0.25) is 9.59 Å². The highest BCUT2D eigenvalue weighted by Crippen LogP contribution is 2.13. The van der Waals surface area contributed by atoms with E-state index in [1.807, 2.05) is 21.1 Å². The molecular formula is C60H97NO8. The van der Waals surface area contributed by atoms with Crippen molar-refractivity contribution in [2.75, 3.05) is 47.5 Å². The smallest absolute Gasteiger partial charge is 0.306 e. The number of rotatable bonds is 47. The number of carbonyl (C=O) groups excluding carboxylic acids is 3. The van der Waals surface area contributed by atoms with Gasteiger partial charge in [-0.1, -0.05) is 187 Å². The number of quaternary nitrogens is 1. The Hall–Kier alpha value is -4.31. The minimum absolute atomic E-state index is 0.135. The molecule has 0 heterocycles. The molecule has 0 rings (SSSR count). The molecule has 390 valence electrons. The number of aliphatic carboxylic acids is 1. The number of esters is 2. The highest BCUT2D eigenvalue weighted by atomic mass is 16.7. The van der Waals surface area contributed by atoms with Crippen LogP contribution in [-0.2, 0) is 33.3 Å². The third-order valence-corrected chi connectivity index (χ3v) is 10.7. The topological polar surface area (TPSA) is 111 Å². The monoisotopic (exact) mass is 960 g/mol. The molecule has 0 bridgehead atoms. The van der Waals surface area contributed by atoms with Gasteiger partial charge in [0.15, 0.2) is 12.4 Å². The number of unbranched alkanes of at least 4 members (excludes halogenated alkanes) is 12. The van der Waals surface area contributed by atoms with E-state index in [9.17, 15) is 19.5 Å². The first-order valence-electron chi connectivity index (χ1n) is 26.7. The molecule has 0 N–H and O–H groups in total. The van der Waals surface area contributed by atoms with E-state index < -0.39 is 24.3 Å². The molecule has 0 amide bonds. The fourth-order valence-electron chi connectivity index (χ4n) is 6.59. The van der Waals surface area contributed by atoms with E-state index in [0.29, 0.717) is 23.9 Å². The maximum atomic E-state index is 12.8. The summed E-state index contributed by atoms with van der Waals surface area (Å²) in [7, 11) is 5.89. The highest BCUT2D eigenvalue weighted by molar-refractivity contribution is 5.70. The zero-order valence-corrected chi connectivity index (χ0v) is 44.1. The number of carboxylic acids is 1. The molecule has 0 spiro atoms. The summed E-state index contributed by atoms with van der Waals surface area (Å²) in [5.74, 6) is -2.34. The molecule has 2 atom stereocenters. The number of ether oxygens (including phenoxy) is 4. The molecule has 0 saturated carbocycles. The zero-order chi connectivity index (χ0) is 50.6. The molecular weight excluding hydrogens is 863 g/mol. The van der Waals surface area contributed by atoms with Crippen LogP contribution in [0.1, 0.15) is 181 Å². The lowest BCUT2D eigenvalue weighted by Crippen LogP contribution is -2.44. The maximum Gasteiger partial charge on any atom is 0.306 e. The quantitative estimate of drug-likeness (QED) is 0.0195. The van der Waals surface area contributed by atoms with E-state index in [2.05, 4.69) is 135 Å². The third kappa shape index (κ3) is 51.4. The second-order valence-corrected chi connectivity index (χ2v) is 18.4. The van der Waals surface area contributed by atoms with E-state index in [4.69, 9.17) is 18.9 Å². The van der Waals surface area contributed by atoms with Crippen LogP contribution in [0.25, 0.3) is 0 Å². The van der Waals surface area contributed by atoms with Crippen LogP contribution < -0.4 is 5.11 Å². The summed E-state index contributed by atoms with van der Waals surface area (Å²) in [4.78, 5) is 37.1. The first-order valence-corrected chi connectivity index (χ1v) is 26.7. The normalized spacial score (nSPS) is 13.8. The van der Waals surface area contributed by atoms with Gasteiger partial charge in [-0.05, 0) is 103 Å². The van der Waals surface area contributed by atoms with Crippen LogP contribution in [0, 0.1) is 0 Å². The van der Waals surface area contributed by atoms with Crippen molar-refractivity contribution in [2.45, 2.75) is 193 Å². The summed E-state index contributed by atoms with van der Waals surface area (Å²) < 4.78 is 22.6. The molecule has 69 heavy (non-hydrogen) atoms. The van der Waals surface area contributed by atoms with Gasteiger partial charge in [0, 0.05) is 12.8 Å². The summed E-state index contributed by atoms with van der Waals surface area (Å²) in [5.41, 5.74) is 0. The van der Waals surface area contributed by atoms with Crippen LogP contribution in [0.5, 0.6) is 0 Å². The zero-order valence-electron chi connectivity index (χ0n) is 44.1. The fraction of sp³-hybridized carbons (Fsp3) is 0.617. The molecule has 0 aliphatic rings. The minimum atomic E-state index is -1.64. The molecule has 0 saturated heterocycles. The number of likely N-dealkylation sites (N-methyl/N-ethyl adjacent to an activating group) is 1. The summed E-state index contributed by atoms with van der Waals surface area (Å²) in [6.07, 6.45) is 66.7. The van der Waals surface area contributed by atoms with Crippen molar-refractivity contribution in [2.24, 2.45) is 0 Å². The lowest BCUT2D eigenvalue weighted by molar-refractivity contribution is -0.870. The number of carbonyl (C=O) groups is 3. The van der Waals surface area contributed by atoms with Crippen molar-refractivity contribution in [3.8, 4) is 0 Å². The second-order valence-electron chi connectivity index (χ2n) is 18.4. The molecule has 9 nitrogen and oxygen atoms in total. The standard InChI is InChI=1S/C60H97NO8/c1-6-8-10-12-14-16-18-20-21-22-23-24-25-26-27-28-29-30-31-32-33-34-35-36-37-39-41-43-45-47-49-51-58(63)69-56(55-68-60(59(64)65)66-53-52-61(3,4)5)54-67-57(62)50-48-46-44-42-40-38-19-17-15-13-11-9-7-2/h8,10-11,13-14,16-17,19-21,23-24,26-27,29-30,32-33,35-36,56,60H,6-7,9,12,15,18,22,25,28,31,34,37-55H2,1-5H3/b10-8-,13-11-,16-14-,19-17-,21-20-,24-23-,27-26-,30-29-,33-32-,36-35-. The van der Waals surface area contributed by atoms with Crippen LogP contribution in [0.15, 0.2) is 122 Å². The first kappa shape index (κ1) is 64.7. The van der Waals surface area contributed by atoms with Gasteiger partial charge in [0.2, 0.25) is 0 Å². The minimum Gasteiger partial charge on any atom is -0.545 e. The van der Waals surface area contributed by atoms with Crippen molar-refractivity contribution in [3.63, 3.8) is 0 Å². The van der Waals surface area contributed by atoms with Crippen molar-refractivity contribution >= 4 is 17.9 Å². The molecule has 9 heteroatoms. The molecule has 0 aliphatic heterocycles. The summed E-state index contributed by atoms with van der Waals surface area (Å²) in [6, 6.07) is 0. The van der Waals surface area contributed by atoms with Crippen molar-refractivity contribution in [1.29, 1.82) is 0 Å². The summed E-state index contributed by atoms with van der Waals surface area (Å²) >= 11 is 0. The molecule has 0 aromatic carbocycles. The number of nitrogens with zero attached hydrogens (tertiary/aromatic N) is 1. The average Bonchev–Trinajstić information content (AvgIpc) is 3.31. The van der Waals surface area contributed by atoms with Crippen LogP contribution in [0.4, 0.5) is 0 Å². The largest absolute Gasteiger partial charge is 0.545 e. The van der Waals surface area contributed by atoms with Gasteiger partial charge < -0.3 is 33.3 Å². The van der Waals surface area contributed by atoms with Crippen LogP contribution >= 0.6 is 0 Å². The first-order chi connectivity index (χ1) is 33.6. The van der Waals surface area contributed by atoms with Crippen molar-refractivity contribution in [1.82, 2.24) is 0 Å². The van der Waals surface area contributed by atoms with Gasteiger partial charge in [0.1, 0.15) is 13.2 Å². The lowest BCUT2D eigenvalue weighted by Gasteiger charge is -2.26. The van der Waals surface area contributed by atoms with Gasteiger partial charge in [-0.2, -0.15) is 0 Å². The Bertz CT molecular complexity index is 1540. The molecule has 0 aliphatic carbocycles. The Morgan fingerprint density at radius 2 is 0.826 bits per heavy atom. The maximum absolute atomic E-state index is 12.8. The Kier molecular flexibility index (Phi) is 47.0. The second kappa shape index (κ2) is 50.1. The average molecular weight is 960 g/mol. The number of allylic oxidation sites excluding steroid dienone is 20. The Morgan fingerprint density at radius 3 is 1.23 bits per heavy atom. The predicted octanol–water partition coefficient (Wildman–Crippen LogP) is 14.0. The van der Waals surface area contributed by atoms with Crippen LogP contribution in [-0.4, -0.2) is 82.3 Å². The van der Waals surface area contributed by atoms with Gasteiger partial charge >= 0.3 is 11.9 Å². The van der Waals surface area contributed by atoms with Crippen molar-refractivity contribution < 1.29 is 42.9 Å². The summed E-state index contributed by atoms with van der Waals surface area (Å²) in [5, 5.41) is 11.7. The Balaban J connectivity index is 4.32. The fourth-order valence-corrected chi connectivity index (χ4v) is 6.59. The SMILES string of the molecule is CC/C=C\C/C=C\C/C=C\C/C=C\C/C=C\C/C=C\C/C=C\C/C=C\CCCCCCCCC(=O)OC(COC(=O)CCCCCCC/C=C\C/C=C\CCC)COC(OCC[N+](C)(C)C)C(=O)[O-]. The molecule has 0 radical (unpaired) electrons. The lowest BCUT2D eigenvalue weighted by atomic mass is 10.1. The summed E-state index contributed by atoms with van der Waals surface area (Å²) in [6.45, 7) is 4.50. The molecule has 0 aromatic heterocycles. The highest BCUT2D eigenvalue weighted by Gasteiger charge is 2.21. The van der Waals surface area contributed by atoms with Gasteiger partial charge in [0.05, 0.1) is 40.3 Å². The number of carboxylic acid groups (broad SMARTS) is 1. The molecule has 0 aromatic rings. The predicted molar refractivity (Wildman–Crippen MR) is 287 cm³/mol. The molecule has 0 fully saturated rings. The van der Waals surface area contributed by atoms with Crippen LogP contribution in [0.3, 0.4) is 0 Å². The van der Waals surface area contributed by atoms with Gasteiger partial charge in [-0.15, -0.1) is 0 Å². The Morgan fingerprint density at radius 1 is 0.449 bits per heavy atom. The van der Waals surface area contributed by atoms with E-state index in [1.54, 1.807) is 0 Å². The van der Waals surface area contributed by atoms with Crippen LogP contribution in [0.2, 0.25) is 0 Å². The van der Waals surface area contributed by atoms with E-state index in [-0.39, 0.29) is 38.6 Å². The number of hydrogen-bond donors (Lipinski definition) is 0. The van der Waals surface area contributed by atoms with E-state index in [1.165, 1.54) is 6.42 Å². The van der Waals surface area contributed by atoms with E-state index >= 15 is 0 Å². The van der Waals surface area contributed by atoms with E-state index in [0.717, 1.165) is 135 Å². The Labute approximate surface area is 421 Å².